The second-order valence-corrected chi connectivity index (χ2v) is 6.76. The van der Waals surface area contributed by atoms with Gasteiger partial charge in [-0.25, -0.2) is 13.6 Å². The van der Waals surface area contributed by atoms with E-state index in [4.69, 9.17) is 11.6 Å². The molecule has 154 valence electrons. The summed E-state index contributed by atoms with van der Waals surface area (Å²) in [6.45, 7) is 0.250. The average Bonchev–Trinajstić information content (AvgIpc) is 2.74. The van der Waals surface area contributed by atoms with Crippen LogP contribution in [0.4, 0.5) is 25.0 Å². The van der Waals surface area contributed by atoms with Crippen molar-refractivity contribution < 1.29 is 18.4 Å². The first kappa shape index (κ1) is 21.3. The highest BCUT2D eigenvalue weighted by atomic mass is 35.5. The van der Waals surface area contributed by atoms with Crippen LogP contribution in [-0.4, -0.2) is 25.0 Å². The van der Waals surface area contributed by atoms with E-state index in [2.05, 4.69) is 10.6 Å². The van der Waals surface area contributed by atoms with E-state index in [1.807, 2.05) is 0 Å². The van der Waals surface area contributed by atoms with Gasteiger partial charge in [0.15, 0.2) is 0 Å². The number of carbonyl (C=O) groups excluding carboxylic acids is 2. The molecule has 5 nitrogen and oxygen atoms in total. The molecule has 8 heteroatoms. The Labute approximate surface area is 177 Å². The van der Waals surface area contributed by atoms with Gasteiger partial charge in [-0.05, 0) is 72.8 Å². The Balaban J connectivity index is 1.68. The molecule has 0 aromatic heterocycles. The Bertz CT molecular complexity index is 1010. The topological polar surface area (TPSA) is 61.4 Å². The van der Waals surface area contributed by atoms with Crippen molar-refractivity contribution in [2.75, 3.05) is 23.3 Å². The lowest BCUT2D eigenvalue weighted by Gasteiger charge is -2.23. The van der Waals surface area contributed by atoms with Crippen molar-refractivity contribution in [3.8, 4) is 0 Å². The number of hydrogen-bond acceptors (Lipinski definition) is 2. The molecule has 2 N–H and O–H groups in total. The molecule has 3 amide bonds. The van der Waals surface area contributed by atoms with Crippen LogP contribution < -0.4 is 15.5 Å². The molecular weight excluding hydrogens is 412 g/mol. The molecule has 0 atom stereocenters. The molecule has 3 rings (SSSR count). The van der Waals surface area contributed by atoms with Crippen LogP contribution >= 0.6 is 11.6 Å². The van der Waals surface area contributed by atoms with Crippen LogP contribution in [0.2, 0.25) is 5.02 Å². The van der Waals surface area contributed by atoms with Gasteiger partial charge in [-0.3, -0.25) is 9.69 Å². The fourth-order valence-corrected chi connectivity index (χ4v) is 2.80. The number of urea groups is 1. The standard InChI is InChI=1S/C22H18ClF2N3O2/c23-16-3-9-19(10-4-16)27-22(30)28(20-11-7-18(25)8-12-20)14-13-26-21(29)15-1-5-17(24)6-2-15/h1-12H,13-14H2,(H,26,29)(H,27,30). The molecule has 0 saturated heterocycles. The van der Waals surface area contributed by atoms with Crippen molar-refractivity contribution in [1.82, 2.24) is 5.32 Å². The minimum absolute atomic E-state index is 0.123. The zero-order valence-electron chi connectivity index (χ0n) is 15.7. The predicted octanol–water partition coefficient (Wildman–Crippen LogP) is 5.09. The third-order valence-electron chi connectivity index (χ3n) is 4.21. The SMILES string of the molecule is O=C(NCCN(C(=O)Nc1ccc(Cl)cc1)c1ccc(F)cc1)c1ccc(F)cc1. The minimum Gasteiger partial charge on any atom is -0.350 e. The van der Waals surface area contributed by atoms with Gasteiger partial charge in [0.05, 0.1) is 0 Å². The molecule has 0 bridgehead atoms. The fourth-order valence-electron chi connectivity index (χ4n) is 2.68. The Morgan fingerprint density at radius 1 is 0.833 bits per heavy atom. The van der Waals surface area contributed by atoms with Gasteiger partial charge in [-0.2, -0.15) is 0 Å². The van der Waals surface area contributed by atoms with Crippen molar-refractivity contribution in [2.45, 2.75) is 0 Å². The van der Waals surface area contributed by atoms with Crippen LogP contribution in [0.15, 0.2) is 72.8 Å². The summed E-state index contributed by atoms with van der Waals surface area (Å²) < 4.78 is 26.3. The number of nitrogens with zero attached hydrogens (tertiary/aromatic N) is 1. The molecule has 0 aliphatic heterocycles. The second kappa shape index (κ2) is 9.84. The molecule has 0 saturated carbocycles. The van der Waals surface area contributed by atoms with Crippen molar-refractivity contribution in [3.63, 3.8) is 0 Å². The van der Waals surface area contributed by atoms with E-state index in [1.165, 1.54) is 53.4 Å². The molecule has 0 heterocycles. The molecule has 0 aliphatic carbocycles. The molecule has 0 spiro atoms. The van der Waals surface area contributed by atoms with E-state index < -0.39 is 23.6 Å². The number of nitrogens with one attached hydrogen (secondary N) is 2. The zero-order valence-corrected chi connectivity index (χ0v) is 16.5. The summed E-state index contributed by atoms with van der Waals surface area (Å²) in [4.78, 5) is 26.4. The monoisotopic (exact) mass is 429 g/mol. The van der Waals surface area contributed by atoms with Gasteiger partial charge in [-0.1, -0.05) is 11.6 Å². The van der Waals surface area contributed by atoms with Gasteiger partial charge in [0.2, 0.25) is 0 Å². The van der Waals surface area contributed by atoms with Crippen molar-refractivity contribution in [1.29, 1.82) is 0 Å². The van der Waals surface area contributed by atoms with E-state index >= 15 is 0 Å². The number of halogens is 3. The van der Waals surface area contributed by atoms with Crippen LogP contribution in [0.1, 0.15) is 10.4 Å². The van der Waals surface area contributed by atoms with E-state index in [-0.39, 0.29) is 13.1 Å². The number of rotatable bonds is 6. The molecular formula is C22H18ClF2N3O2. The Morgan fingerprint density at radius 2 is 1.40 bits per heavy atom. The van der Waals surface area contributed by atoms with Crippen LogP contribution in [0.3, 0.4) is 0 Å². The van der Waals surface area contributed by atoms with Crippen LogP contribution in [0.5, 0.6) is 0 Å². The van der Waals surface area contributed by atoms with E-state index in [1.54, 1.807) is 24.3 Å². The van der Waals surface area contributed by atoms with Crippen molar-refractivity contribution in [3.05, 3.63) is 95.0 Å². The van der Waals surface area contributed by atoms with Gasteiger partial charge >= 0.3 is 6.03 Å². The molecule has 0 aliphatic rings. The molecule has 3 aromatic carbocycles. The smallest absolute Gasteiger partial charge is 0.326 e. The predicted molar refractivity (Wildman–Crippen MR) is 113 cm³/mol. The summed E-state index contributed by atoms with van der Waals surface area (Å²) >= 11 is 5.86. The maximum atomic E-state index is 13.3. The van der Waals surface area contributed by atoms with Crippen LogP contribution in [-0.2, 0) is 0 Å². The summed E-state index contributed by atoms with van der Waals surface area (Å²) in [5.74, 6) is -1.26. The summed E-state index contributed by atoms with van der Waals surface area (Å²) in [5.41, 5.74) is 1.29. The van der Waals surface area contributed by atoms with Gasteiger partial charge in [-0.15, -0.1) is 0 Å². The van der Waals surface area contributed by atoms with Crippen LogP contribution in [0.25, 0.3) is 0 Å². The number of benzene rings is 3. The highest BCUT2D eigenvalue weighted by Gasteiger charge is 2.17. The molecule has 30 heavy (non-hydrogen) atoms. The highest BCUT2D eigenvalue weighted by Crippen LogP contribution is 2.18. The largest absolute Gasteiger partial charge is 0.350 e. The fraction of sp³-hybridized carbons (Fsp3) is 0.0909. The highest BCUT2D eigenvalue weighted by molar-refractivity contribution is 6.30. The summed E-state index contributed by atoms with van der Waals surface area (Å²) in [6, 6.07) is 16.7. The minimum atomic E-state index is -0.458. The maximum absolute atomic E-state index is 13.3. The van der Waals surface area contributed by atoms with E-state index in [0.717, 1.165) is 0 Å². The normalized spacial score (nSPS) is 10.4. The second-order valence-electron chi connectivity index (χ2n) is 6.33. The maximum Gasteiger partial charge on any atom is 0.326 e. The van der Waals surface area contributed by atoms with Gasteiger partial charge in [0.1, 0.15) is 11.6 Å². The average molecular weight is 430 g/mol. The van der Waals surface area contributed by atoms with Crippen molar-refractivity contribution in [2.24, 2.45) is 0 Å². The molecule has 0 fully saturated rings. The van der Waals surface area contributed by atoms with E-state index in [0.29, 0.717) is 22.0 Å². The Morgan fingerprint density at radius 3 is 2.00 bits per heavy atom. The lowest BCUT2D eigenvalue weighted by Crippen LogP contribution is -2.41. The first-order valence-electron chi connectivity index (χ1n) is 9.06. The molecule has 0 radical (unpaired) electrons. The number of hydrogen-bond donors (Lipinski definition) is 2. The number of amides is 3. The summed E-state index contributed by atoms with van der Waals surface area (Å²) in [7, 11) is 0. The summed E-state index contributed by atoms with van der Waals surface area (Å²) in [6.07, 6.45) is 0. The van der Waals surface area contributed by atoms with Gasteiger partial charge in [0, 0.05) is 35.1 Å². The first-order valence-corrected chi connectivity index (χ1v) is 9.43. The third kappa shape index (κ3) is 5.78. The number of anilines is 2. The Kier molecular flexibility index (Phi) is 6.98. The first-order chi connectivity index (χ1) is 14.4. The van der Waals surface area contributed by atoms with Gasteiger partial charge < -0.3 is 10.6 Å². The lowest BCUT2D eigenvalue weighted by atomic mass is 10.2. The quantitative estimate of drug-likeness (QED) is 0.573. The zero-order chi connectivity index (χ0) is 21.5. The van der Waals surface area contributed by atoms with Crippen molar-refractivity contribution >= 4 is 34.9 Å². The van der Waals surface area contributed by atoms with Crippen LogP contribution in [0, 0.1) is 11.6 Å². The van der Waals surface area contributed by atoms with E-state index in [9.17, 15) is 18.4 Å². The number of carbonyl (C=O) groups is 2. The Hall–Kier alpha value is -3.45. The summed E-state index contributed by atoms with van der Waals surface area (Å²) in [5, 5.41) is 5.95. The molecule has 3 aromatic rings. The third-order valence-corrected chi connectivity index (χ3v) is 4.46. The lowest BCUT2D eigenvalue weighted by molar-refractivity contribution is 0.0954. The van der Waals surface area contributed by atoms with Gasteiger partial charge in [0.25, 0.3) is 5.91 Å². The molecule has 0 unspecified atom stereocenters.